The Kier molecular flexibility index (Phi) is 5.41. The molecule has 3 rings (SSSR count). The number of rotatable bonds is 8. The Bertz CT molecular complexity index is 987. The van der Waals surface area contributed by atoms with E-state index in [9.17, 15) is 20.2 Å². The highest BCUT2D eigenvalue weighted by atomic mass is 16.6. The number of hydrogen-bond acceptors (Lipinski definition) is 7. The molecule has 0 atom stereocenters. The highest BCUT2D eigenvalue weighted by molar-refractivity contribution is 5.84. The first kappa shape index (κ1) is 18.1. The lowest BCUT2D eigenvalue weighted by Crippen LogP contribution is -2.09. The number of pyridine rings is 1. The number of hydrogen-bond donors (Lipinski definition) is 1. The molecule has 3 aromatic rings. The lowest BCUT2D eigenvalue weighted by Gasteiger charge is -2.10. The van der Waals surface area contributed by atoms with E-state index in [0.717, 1.165) is 17.0 Å². The second kappa shape index (κ2) is 8.09. The monoisotopic (exact) mass is 368 g/mol. The van der Waals surface area contributed by atoms with Gasteiger partial charge in [0.2, 0.25) is 0 Å². The number of para-hydroxylation sites is 1. The summed E-state index contributed by atoms with van der Waals surface area (Å²) in [5, 5.41) is 25.8. The van der Waals surface area contributed by atoms with Gasteiger partial charge < -0.3 is 10.1 Å². The Morgan fingerprint density at radius 1 is 1.04 bits per heavy atom. The Balaban J connectivity index is 1.57. The van der Waals surface area contributed by atoms with Crippen LogP contribution in [0.4, 0.5) is 17.1 Å². The molecule has 0 radical (unpaired) electrons. The van der Waals surface area contributed by atoms with Gasteiger partial charge in [-0.1, -0.05) is 18.2 Å². The van der Waals surface area contributed by atoms with Crippen LogP contribution in [0.2, 0.25) is 0 Å². The fourth-order valence-corrected chi connectivity index (χ4v) is 2.60. The topological polar surface area (TPSA) is 120 Å². The zero-order chi connectivity index (χ0) is 19.2. The Morgan fingerprint density at radius 2 is 1.85 bits per heavy atom. The Morgan fingerprint density at radius 3 is 2.63 bits per heavy atom. The number of nitro benzene ring substituents is 2. The molecule has 9 nitrogen and oxygen atoms in total. The smallest absolute Gasteiger partial charge is 0.299 e. The van der Waals surface area contributed by atoms with E-state index in [1.54, 1.807) is 6.20 Å². The molecule has 0 unspecified atom stereocenters. The van der Waals surface area contributed by atoms with E-state index in [1.807, 2.05) is 30.3 Å². The molecule has 1 N–H and O–H groups in total. The van der Waals surface area contributed by atoms with E-state index < -0.39 is 9.85 Å². The van der Waals surface area contributed by atoms with Gasteiger partial charge >= 0.3 is 0 Å². The second-order valence-corrected chi connectivity index (χ2v) is 5.68. The van der Waals surface area contributed by atoms with Crippen LogP contribution in [-0.2, 0) is 0 Å². The molecule has 0 bridgehead atoms. The summed E-state index contributed by atoms with van der Waals surface area (Å²) in [5.74, 6) is 0.675. The number of nitrogens with one attached hydrogen (secondary N) is 1. The molecule has 0 saturated heterocycles. The maximum atomic E-state index is 11.1. The minimum Gasteiger partial charge on any atom is -0.491 e. The van der Waals surface area contributed by atoms with E-state index in [2.05, 4.69) is 10.3 Å². The minimum atomic E-state index is -0.664. The third-order valence-electron chi connectivity index (χ3n) is 3.88. The van der Waals surface area contributed by atoms with Crippen LogP contribution in [0.5, 0.6) is 5.75 Å². The zero-order valence-electron chi connectivity index (χ0n) is 14.2. The fourth-order valence-electron chi connectivity index (χ4n) is 2.60. The number of anilines is 1. The van der Waals surface area contributed by atoms with Gasteiger partial charge in [-0.05, 0) is 24.6 Å². The average molecular weight is 368 g/mol. The standard InChI is InChI=1S/C18H16N4O5/c23-21(24)14-7-8-15(16(12-14)22(25)26)19-10-3-11-27-17-6-1-4-13-5-2-9-20-18(13)17/h1-2,4-9,12,19H,3,10-11H2. The van der Waals surface area contributed by atoms with Crippen LogP contribution in [0.25, 0.3) is 10.9 Å². The van der Waals surface area contributed by atoms with Crippen molar-refractivity contribution in [2.75, 3.05) is 18.5 Å². The van der Waals surface area contributed by atoms with E-state index in [1.165, 1.54) is 12.1 Å². The summed E-state index contributed by atoms with van der Waals surface area (Å²) >= 11 is 0. The summed E-state index contributed by atoms with van der Waals surface area (Å²) in [6.07, 6.45) is 2.28. The van der Waals surface area contributed by atoms with Crippen LogP contribution < -0.4 is 10.1 Å². The summed E-state index contributed by atoms with van der Waals surface area (Å²) in [6.45, 7) is 0.806. The molecule has 0 aliphatic rings. The normalized spacial score (nSPS) is 10.5. The predicted octanol–water partition coefficient (Wildman–Crippen LogP) is 3.93. The molecular formula is C18H16N4O5. The molecular weight excluding hydrogens is 352 g/mol. The van der Waals surface area contributed by atoms with Crippen molar-refractivity contribution in [1.82, 2.24) is 4.98 Å². The molecule has 0 saturated carbocycles. The molecule has 0 aliphatic carbocycles. The van der Waals surface area contributed by atoms with E-state index in [-0.39, 0.29) is 17.1 Å². The Labute approximate surface area is 153 Å². The molecule has 138 valence electrons. The summed E-state index contributed by atoms with van der Waals surface area (Å²) in [5.41, 5.74) is 0.360. The Hall–Kier alpha value is -3.75. The van der Waals surface area contributed by atoms with Gasteiger partial charge in [-0.2, -0.15) is 0 Å². The van der Waals surface area contributed by atoms with Crippen molar-refractivity contribution in [3.63, 3.8) is 0 Å². The van der Waals surface area contributed by atoms with Gasteiger partial charge in [-0.3, -0.25) is 25.2 Å². The van der Waals surface area contributed by atoms with Crippen molar-refractivity contribution < 1.29 is 14.6 Å². The highest BCUT2D eigenvalue weighted by Crippen LogP contribution is 2.29. The number of aromatic nitrogens is 1. The van der Waals surface area contributed by atoms with E-state index in [0.29, 0.717) is 25.3 Å². The summed E-state index contributed by atoms with van der Waals surface area (Å²) in [6, 6.07) is 13.0. The molecule has 0 fully saturated rings. The van der Waals surface area contributed by atoms with Gasteiger partial charge in [0, 0.05) is 24.2 Å². The number of nitrogens with zero attached hydrogens (tertiary/aromatic N) is 3. The van der Waals surface area contributed by atoms with Crippen LogP contribution in [0.3, 0.4) is 0 Å². The lowest BCUT2D eigenvalue weighted by molar-refractivity contribution is -0.393. The van der Waals surface area contributed by atoms with Crippen molar-refractivity contribution in [2.45, 2.75) is 6.42 Å². The third kappa shape index (κ3) is 4.27. The van der Waals surface area contributed by atoms with E-state index >= 15 is 0 Å². The van der Waals surface area contributed by atoms with Gasteiger partial charge in [-0.15, -0.1) is 0 Å². The molecule has 2 aromatic carbocycles. The largest absolute Gasteiger partial charge is 0.491 e. The first-order chi connectivity index (χ1) is 13.1. The van der Waals surface area contributed by atoms with Crippen molar-refractivity contribution in [3.05, 3.63) is 75.0 Å². The molecule has 27 heavy (non-hydrogen) atoms. The minimum absolute atomic E-state index is 0.234. The summed E-state index contributed by atoms with van der Waals surface area (Å²) < 4.78 is 5.76. The first-order valence-corrected chi connectivity index (χ1v) is 8.19. The van der Waals surface area contributed by atoms with Crippen LogP contribution in [-0.4, -0.2) is 28.0 Å². The van der Waals surface area contributed by atoms with Crippen LogP contribution in [0.1, 0.15) is 6.42 Å². The quantitative estimate of drug-likeness (QED) is 0.363. The molecule has 0 amide bonds. The number of fused-ring (bicyclic) bond motifs is 1. The fraction of sp³-hybridized carbons (Fsp3) is 0.167. The average Bonchev–Trinajstić information content (AvgIpc) is 2.67. The SMILES string of the molecule is O=[N+]([O-])c1ccc(NCCCOc2cccc3cccnc23)c([N+](=O)[O-])c1. The number of nitro groups is 2. The van der Waals surface area contributed by atoms with Gasteiger partial charge in [0.15, 0.2) is 0 Å². The zero-order valence-corrected chi connectivity index (χ0v) is 14.2. The van der Waals surface area contributed by atoms with Crippen molar-refractivity contribution in [2.24, 2.45) is 0 Å². The first-order valence-electron chi connectivity index (χ1n) is 8.19. The summed E-state index contributed by atoms with van der Waals surface area (Å²) in [7, 11) is 0. The lowest BCUT2D eigenvalue weighted by atomic mass is 10.2. The maximum absolute atomic E-state index is 11.1. The van der Waals surface area contributed by atoms with Crippen molar-refractivity contribution in [1.29, 1.82) is 0 Å². The van der Waals surface area contributed by atoms with E-state index in [4.69, 9.17) is 4.74 Å². The number of benzene rings is 2. The van der Waals surface area contributed by atoms with Gasteiger partial charge in [0.25, 0.3) is 11.4 Å². The molecule has 0 aliphatic heterocycles. The molecule has 1 heterocycles. The molecule has 0 spiro atoms. The molecule has 1 aromatic heterocycles. The van der Waals surface area contributed by atoms with Crippen molar-refractivity contribution in [3.8, 4) is 5.75 Å². The van der Waals surface area contributed by atoms with Gasteiger partial charge in [0.05, 0.1) is 22.5 Å². The predicted molar refractivity (Wildman–Crippen MR) is 100 cm³/mol. The highest BCUT2D eigenvalue weighted by Gasteiger charge is 2.19. The van der Waals surface area contributed by atoms with Crippen LogP contribution in [0.15, 0.2) is 54.7 Å². The number of non-ortho nitro benzene ring substituents is 1. The molecule has 9 heteroatoms. The van der Waals surface area contributed by atoms with Gasteiger partial charge in [-0.25, -0.2) is 0 Å². The van der Waals surface area contributed by atoms with Crippen LogP contribution >= 0.6 is 0 Å². The maximum Gasteiger partial charge on any atom is 0.299 e. The third-order valence-corrected chi connectivity index (χ3v) is 3.88. The van der Waals surface area contributed by atoms with Gasteiger partial charge in [0.1, 0.15) is 17.0 Å². The van der Waals surface area contributed by atoms with Crippen LogP contribution in [0, 0.1) is 20.2 Å². The number of ether oxygens (including phenoxy) is 1. The second-order valence-electron chi connectivity index (χ2n) is 5.68. The van der Waals surface area contributed by atoms with Crippen molar-refractivity contribution >= 4 is 28.0 Å². The summed E-state index contributed by atoms with van der Waals surface area (Å²) in [4.78, 5) is 24.9.